The second kappa shape index (κ2) is 15.2. The van der Waals surface area contributed by atoms with E-state index in [0.29, 0.717) is 11.2 Å². The zero-order chi connectivity index (χ0) is 36.1. The highest BCUT2D eigenvalue weighted by Crippen LogP contribution is 2.49. The smallest absolute Gasteiger partial charge is 0.458 e. The minimum atomic E-state index is -4.22. The van der Waals surface area contributed by atoms with Crippen LogP contribution >= 0.6 is 7.75 Å². The van der Waals surface area contributed by atoms with Crippen LogP contribution in [0.25, 0.3) is 5.52 Å². The average molecular weight is 704 g/mol. The molecule has 0 amide bonds. The van der Waals surface area contributed by atoms with E-state index in [2.05, 4.69) is 15.2 Å². The largest absolute Gasteiger partial charge is 0.464 e. The number of aromatic nitrogens is 3. The summed E-state index contributed by atoms with van der Waals surface area (Å²) in [4.78, 5) is 42.5. The molecule has 0 spiro atoms. The Bertz CT molecular complexity index is 1670. The second-order valence-corrected chi connectivity index (χ2v) is 15.3. The van der Waals surface area contributed by atoms with Crippen LogP contribution in [0.15, 0.2) is 48.8 Å². The first kappa shape index (κ1) is 37.8. The highest BCUT2D eigenvalue weighted by molar-refractivity contribution is 7.52. The average Bonchev–Trinajstić information content (AvgIpc) is 3.58. The SMILES string of the molecule is CC(C)C(=O)O[C@H]1[C@H](c2ccc3c(N)ncnn23)O[C@](C)(COP(=O)(NCCOC(=O)C(C)(C)C)Oc2ccccc2)[C@H]1OC(=O)C(C)C. The number of ether oxygens (including phenoxy) is 4. The third kappa shape index (κ3) is 9.15. The van der Waals surface area contributed by atoms with Gasteiger partial charge in [-0.05, 0) is 52.0 Å². The summed E-state index contributed by atoms with van der Waals surface area (Å²) in [5.41, 5.74) is 4.71. The highest BCUT2D eigenvalue weighted by atomic mass is 31.2. The van der Waals surface area contributed by atoms with Gasteiger partial charge >= 0.3 is 25.7 Å². The molecule has 15 nitrogen and oxygen atoms in total. The molecule has 0 bridgehead atoms. The lowest BCUT2D eigenvalue weighted by Crippen LogP contribution is -2.49. The number of nitrogens with two attached hydrogens (primary N) is 1. The molecule has 1 aliphatic rings. The minimum absolute atomic E-state index is 0.0796. The zero-order valence-electron chi connectivity index (χ0n) is 29.1. The molecular weight excluding hydrogens is 657 g/mol. The van der Waals surface area contributed by atoms with Crippen molar-refractivity contribution in [3.8, 4) is 5.75 Å². The fourth-order valence-corrected chi connectivity index (χ4v) is 6.19. The van der Waals surface area contributed by atoms with Gasteiger partial charge in [0.15, 0.2) is 18.0 Å². The molecule has 268 valence electrons. The number of rotatable bonds is 14. The van der Waals surface area contributed by atoms with E-state index in [4.69, 9.17) is 33.7 Å². The molecule has 4 rings (SSSR count). The predicted octanol–water partition coefficient (Wildman–Crippen LogP) is 4.66. The van der Waals surface area contributed by atoms with Crippen molar-refractivity contribution in [2.45, 2.75) is 79.3 Å². The fraction of sp³-hybridized carbons (Fsp3) is 0.545. The lowest BCUT2D eigenvalue weighted by Gasteiger charge is -2.32. The molecule has 0 radical (unpaired) electrons. The van der Waals surface area contributed by atoms with E-state index in [-0.39, 0.29) is 24.7 Å². The fourth-order valence-electron chi connectivity index (χ4n) is 4.79. The topological polar surface area (TPSA) is 192 Å². The number of nitrogens with zero attached hydrogens (tertiary/aromatic N) is 3. The van der Waals surface area contributed by atoms with E-state index in [9.17, 15) is 18.9 Å². The Kier molecular flexibility index (Phi) is 11.7. The molecule has 49 heavy (non-hydrogen) atoms. The predicted molar refractivity (Wildman–Crippen MR) is 178 cm³/mol. The van der Waals surface area contributed by atoms with Gasteiger partial charge in [-0.2, -0.15) is 5.10 Å². The molecule has 1 saturated heterocycles. The van der Waals surface area contributed by atoms with Crippen LogP contribution in [0.3, 0.4) is 0 Å². The Hall–Kier alpha value is -4.04. The Morgan fingerprint density at radius 2 is 1.69 bits per heavy atom. The van der Waals surface area contributed by atoms with E-state index in [1.54, 1.807) is 97.9 Å². The van der Waals surface area contributed by atoms with Crippen LogP contribution in [-0.2, 0) is 42.4 Å². The molecule has 0 saturated carbocycles. The monoisotopic (exact) mass is 703 g/mol. The maximum atomic E-state index is 14.3. The number of carbonyl (C=O) groups excluding carboxylic acids is 3. The molecule has 3 aromatic rings. The molecule has 1 unspecified atom stereocenters. The Balaban J connectivity index is 1.69. The third-order valence-electron chi connectivity index (χ3n) is 7.58. The van der Waals surface area contributed by atoms with E-state index in [0.717, 1.165) is 0 Å². The van der Waals surface area contributed by atoms with Crippen LogP contribution in [0, 0.1) is 17.3 Å². The Labute approximate surface area is 285 Å². The summed E-state index contributed by atoms with van der Waals surface area (Å²) in [6.45, 7) is 12.8. The second-order valence-electron chi connectivity index (χ2n) is 13.6. The first-order valence-electron chi connectivity index (χ1n) is 16.0. The lowest BCUT2D eigenvalue weighted by atomic mass is 9.95. The van der Waals surface area contributed by atoms with E-state index >= 15 is 0 Å². The van der Waals surface area contributed by atoms with Gasteiger partial charge in [0, 0.05) is 6.54 Å². The molecule has 1 fully saturated rings. The standard InChI is InChI=1S/C33H46N5O10P/c1-20(2)29(39)45-26-25(23-14-15-24-28(34)35-19-36-38(23)24)47-33(8,27(26)46-30(40)21(3)4)18-44-49(42,48-22-12-10-9-11-13-22)37-16-17-43-31(41)32(5,6)7/h9-15,19-21,25-27H,16-18H2,1-8H3,(H,37,42)(H2,34,35,36)/t25-,26-,27-,33+,49?/m0/s1. The molecule has 5 atom stereocenters. The first-order chi connectivity index (χ1) is 22.9. The van der Waals surface area contributed by atoms with Gasteiger partial charge in [0.1, 0.15) is 35.9 Å². The van der Waals surface area contributed by atoms with Crippen molar-refractivity contribution < 1.29 is 46.9 Å². The van der Waals surface area contributed by atoms with E-state index in [1.807, 2.05) is 0 Å². The maximum Gasteiger partial charge on any atom is 0.458 e. The summed E-state index contributed by atoms with van der Waals surface area (Å²) < 4.78 is 51.5. The van der Waals surface area contributed by atoms with Gasteiger partial charge in [-0.15, -0.1) is 0 Å². The number of fused-ring (bicyclic) bond motifs is 1. The van der Waals surface area contributed by atoms with Crippen LogP contribution < -0.4 is 15.3 Å². The van der Waals surface area contributed by atoms with Gasteiger partial charge in [0.2, 0.25) is 0 Å². The summed E-state index contributed by atoms with van der Waals surface area (Å²) in [5.74, 6) is -2.20. The summed E-state index contributed by atoms with van der Waals surface area (Å²) in [6.07, 6.45) is -2.19. The molecule has 1 aliphatic heterocycles. The van der Waals surface area contributed by atoms with Crippen LogP contribution in [0.2, 0.25) is 0 Å². The van der Waals surface area contributed by atoms with Crippen molar-refractivity contribution in [1.29, 1.82) is 0 Å². The third-order valence-corrected chi connectivity index (χ3v) is 9.11. The van der Waals surface area contributed by atoms with Crippen LogP contribution in [-0.4, -0.2) is 70.1 Å². The number of benzene rings is 1. The number of esters is 3. The van der Waals surface area contributed by atoms with Gasteiger partial charge in [-0.25, -0.2) is 19.2 Å². The van der Waals surface area contributed by atoms with E-state index < -0.39 is 73.4 Å². The van der Waals surface area contributed by atoms with Crippen molar-refractivity contribution in [3.05, 3.63) is 54.5 Å². The summed E-state index contributed by atoms with van der Waals surface area (Å²) in [5, 5.41) is 7.06. The number of nitrogen functional groups attached to an aromatic ring is 1. The van der Waals surface area contributed by atoms with Gasteiger partial charge in [0.05, 0.1) is 29.6 Å². The van der Waals surface area contributed by atoms with Crippen molar-refractivity contribution in [2.24, 2.45) is 17.3 Å². The molecular formula is C33H46N5O10P. The normalized spacial score (nSPS) is 22.2. The first-order valence-corrected chi connectivity index (χ1v) is 17.6. The number of hydrogen-bond donors (Lipinski definition) is 2. The van der Waals surface area contributed by atoms with Gasteiger partial charge < -0.3 is 29.2 Å². The van der Waals surface area contributed by atoms with Crippen LogP contribution in [0.5, 0.6) is 5.75 Å². The molecule has 1 aromatic carbocycles. The number of carbonyl (C=O) groups is 3. The van der Waals surface area contributed by atoms with E-state index in [1.165, 1.54) is 10.8 Å². The van der Waals surface area contributed by atoms with Crippen molar-refractivity contribution in [3.63, 3.8) is 0 Å². The summed E-state index contributed by atoms with van der Waals surface area (Å²) >= 11 is 0. The zero-order valence-corrected chi connectivity index (χ0v) is 30.0. The molecule has 3 heterocycles. The number of hydrogen-bond acceptors (Lipinski definition) is 13. The van der Waals surface area contributed by atoms with Gasteiger partial charge in [-0.3, -0.25) is 18.9 Å². The molecule has 2 aromatic heterocycles. The Morgan fingerprint density at radius 1 is 1.04 bits per heavy atom. The van der Waals surface area contributed by atoms with Crippen molar-refractivity contribution in [2.75, 3.05) is 25.5 Å². The lowest BCUT2D eigenvalue weighted by molar-refractivity contribution is -0.175. The molecule has 3 N–H and O–H groups in total. The molecule has 0 aliphatic carbocycles. The number of para-hydroxylation sites is 1. The molecule has 16 heteroatoms. The van der Waals surface area contributed by atoms with Crippen LogP contribution in [0.1, 0.15) is 67.2 Å². The maximum absolute atomic E-state index is 14.3. The van der Waals surface area contributed by atoms with Crippen molar-refractivity contribution in [1.82, 2.24) is 19.7 Å². The highest BCUT2D eigenvalue weighted by Gasteiger charge is 2.59. The van der Waals surface area contributed by atoms with Gasteiger partial charge in [-0.1, -0.05) is 45.9 Å². The Morgan fingerprint density at radius 3 is 2.33 bits per heavy atom. The van der Waals surface area contributed by atoms with Crippen molar-refractivity contribution >= 4 is 37.0 Å². The van der Waals surface area contributed by atoms with Gasteiger partial charge in [0.25, 0.3) is 0 Å². The summed E-state index contributed by atoms with van der Waals surface area (Å²) in [7, 11) is -4.22. The quantitative estimate of drug-likeness (QED) is 0.102. The minimum Gasteiger partial charge on any atom is -0.464 e. The number of anilines is 1. The summed E-state index contributed by atoms with van der Waals surface area (Å²) in [6, 6.07) is 11.7. The van der Waals surface area contributed by atoms with Crippen LogP contribution in [0.4, 0.5) is 5.82 Å². The number of nitrogens with one attached hydrogen (secondary N) is 1.